The van der Waals surface area contributed by atoms with Gasteiger partial charge in [0.05, 0.1) is 7.11 Å². The summed E-state index contributed by atoms with van der Waals surface area (Å²) in [4.78, 5) is 48.9. The number of carboxylic acids is 1. The number of amides is 4. The van der Waals surface area contributed by atoms with Crippen LogP contribution in [0.5, 0.6) is 11.5 Å². The van der Waals surface area contributed by atoms with Gasteiger partial charge < -0.3 is 14.6 Å². The van der Waals surface area contributed by atoms with Crippen LogP contribution in [0.15, 0.2) is 23.8 Å². The van der Waals surface area contributed by atoms with Crippen LogP contribution < -0.4 is 14.8 Å². The first-order valence-electron chi connectivity index (χ1n) is 8.84. The molecule has 0 radical (unpaired) electrons. The van der Waals surface area contributed by atoms with Gasteiger partial charge in [0.25, 0.3) is 11.8 Å². The molecule has 0 bridgehead atoms. The minimum absolute atomic E-state index is 0.146. The number of methoxy groups -OCH3 is 1. The van der Waals surface area contributed by atoms with E-state index in [4.69, 9.17) is 14.6 Å². The monoisotopic (exact) mass is 388 g/mol. The van der Waals surface area contributed by atoms with Crippen molar-refractivity contribution in [3.63, 3.8) is 0 Å². The third-order valence-corrected chi connectivity index (χ3v) is 4.67. The number of aliphatic carboxylic acids is 1. The number of carbonyl (C=O) groups is 4. The number of imide groups is 2. The van der Waals surface area contributed by atoms with E-state index in [1.165, 1.54) is 25.3 Å². The highest BCUT2D eigenvalue weighted by atomic mass is 16.5. The molecule has 3 rings (SSSR count). The number of nitrogens with one attached hydrogen (secondary N) is 1. The summed E-state index contributed by atoms with van der Waals surface area (Å²) in [5.74, 6) is -2.04. The number of benzene rings is 1. The van der Waals surface area contributed by atoms with Crippen LogP contribution in [0.4, 0.5) is 4.79 Å². The Morgan fingerprint density at radius 3 is 2.61 bits per heavy atom. The summed E-state index contributed by atoms with van der Waals surface area (Å²) >= 11 is 0. The number of barbiturate groups is 1. The van der Waals surface area contributed by atoms with Gasteiger partial charge >= 0.3 is 12.0 Å². The molecule has 1 aliphatic heterocycles. The van der Waals surface area contributed by atoms with Crippen molar-refractivity contribution in [3.05, 3.63) is 29.3 Å². The molecule has 28 heavy (non-hydrogen) atoms. The topological polar surface area (TPSA) is 122 Å². The van der Waals surface area contributed by atoms with E-state index in [0.717, 1.165) is 30.6 Å². The second kappa shape index (κ2) is 8.12. The zero-order valence-electron chi connectivity index (χ0n) is 15.3. The van der Waals surface area contributed by atoms with Gasteiger partial charge in [-0.2, -0.15) is 0 Å². The fourth-order valence-corrected chi connectivity index (χ4v) is 3.36. The Labute approximate surface area is 160 Å². The van der Waals surface area contributed by atoms with Gasteiger partial charge in [0, 0.05) is 6.04 Å². The molecule has 9 heteroatoms. The molecule has 2 N–H and O–H groups in total. The van der Waals surface area contributed by atoms with Crippen molar-refractivity contribution in [1.29, 1.82) is 0 Å². The van der Waals surface area contributed by atoms with Crippen molar-refractivity contribution in [3.8, 4) is 11.5 Å². The Morgan fingerprint density at radius 1 is 1.25 bits per heavy atom. The minimum Gasteiger partial charge on any atom is -0.493 e. The lowest BCUT2D eigenvalue weighted by Crippen LogP contribution is -2.57. The fraction of sp³-hybridized carbons (Fsp3) is 0.368. The maximum atomic E-state index is 12.8. The number of urea groups is 1. The highest BCUT2D eigenvalue weighted by Crippen LogP contribution is 2.30. The first kappa shape index (κ1) is 19.4. The number of carboxylic acid groups (broad SMARTS) is 1. The van der Waals surface area contributed by atoms with Gasteiger partial charge in [-0.3, -0.25) is 19.8 Å². The zero-order chi connectivity index (χ0) is 20.3. The molecule has 4 amide bonds. The Bertz CT molecular complexity index is 856. The smallest absolute Gasteiger partial charge is 0.341 e. The Balaban J connectivity index is 1.88. The lowest BCUT2D eigenvalue weighted by molar-refractivity contribution is -0.139. The van der Waals surface area contributed by atoms with Crippen molar-refractivity contribution < 1.29 is 33.8 Å². The predicted molar refractivity (Wildman–Crippen MR) is 96.7 cm³/mol. The fourth-order valence-electron chi connectivity index (χ4n) is 3.36. The van der Waals surface area contributed by atoms with Crippen molar-refractivity contribution >= 4 is 29.9 Å². The highest BCUT2D eigenvalue weighted by Gasteiger charge is 2.40. The van der Waals surface area contributed by atoms with Gasteiger partial charge in [-0.15, -0.1) is 0 Å². The molecule has 1 saturated carbocycles. The number of rotatable bonds is 6. The summed E-state index contributed by atoms with van der Waals surface area (Å²) in [6, 6.07) is 3.67. The molecule has 1 aliphatic carbocycles. The van der Waals surface area contributed by atoms with Gasteiger partial charge in [0.15, 0.2) is 18.1 Å². The summed E-state index contributed by atoms with van der Waals surface area (Å²) in [6.07, 6.45) is 4.69. The van der Waals surface area contributed by atoms with E-state index in [1.807, 2.05) is 0 Å². The van der Waals surface area contributed by atoms with Crippen LogP contribution in [0.3, 0.4) is 0 Å². The Morgan fingerprint density at radius 2 is 1.96 bits per heavy atom. The number of nitrogens with zero attached hydrogens (tertiary/aromatic N) is 1. The van der Waals surface area contributed by atoms with E-state index in [0.29, 0.717) is 5.56 Å². The largest absolute Gasteiger partial charge is 0.493 e. The second-order valence-electron chi connectivity index (χ2n) is 6.52. The van der Waals surface area contributed by atoms with Crippen LogP contribution >= 0.6 is 0 Å². The SMILES string of the molecule is COc1cc(/C=C2/C(=O)NC(=O)N(C3CCCC3)C2=O)ccc1OCC(=O)O. The summed E-state index contributed by atoms with van der Waals surface area (Å²) in [7, 11) is 1.39. The molecule has 1 saturated heterocycles. The molecule has 148 valence electrons. The molecule has 1 aromatic rings. The van der Waals surface area contributed by atoms with E-state index in [-0.39, 0.29) is 23.1 Å². The van der Waals surface area contributed by atoms with Crippen molar-refractivity contribution in [2.45, 2.75) is 31.7 Å². The third kappa shape index (κ3) is 3.98. The van der Waals surface area contributed by atoms with Crippen molar-refractivity contribution in [2.75, 3.05) is 13.7 Å². The number of hydrogen-bond acceptors (Lipinski definition) is 6. The van der Waals surface area contributed by atoms with Crippen molar-refractivity contribution in [1.82, 2.24) is 10.2 Å². The average Bonchev–Trinajstić information content (AvgIpc) is 3.17. The van der Waals surface area contributed by atoms with Gasteiger partial charge in [-0.1, -0.05) is 18.9 Å². The summed E-state index contributed by atoms with van der Waals surface area (Å²) in [6.45, 7) is -0.532. The first-order chi connectivity index (χ1) is 13.4. The highest BCUT2D eigenvalue weighted by molar-refractivity contribution is 6.31. The zero-order valence-corrected chi connectivity index (χ0v) is 15.3. The third-order valence-electron chi connectivity index (χ3n) is 4.67. The van der Waals surface area contributed by atoms with Gasteiger partial charge in [0.2, 0.25) is 0 Å². The quantitative estimate of drug-likeness (QED) is 0.560. The normalized spacial score (nSPS) is 19.1. The van der Waals surface area contributed by atoms with E-state index in [9.17, 15) is 19.2 Å². The van der Waals surface area contributed by atoms with Crippen LogP contribution in [-0.2, 0) is 14.4 Å². The molecule has 0 aromatic heterocycles. The molecular weight excluding hydrogens is 368 g/mol. The molecular formula is C19H20N2O7. The van der Waals surface area contributed by atoms with Gasteiger partial charge in [-0.05, 0) is 36.6 Å². The summed E-state index contributed by atoms with van der Waals surface area (Å²) in [5, 5.41) is 10.9. The van der Waals surface area contributed by atoms with E-state index in [1.54, 1.807) is 6.07 Å². The van der Waals surface area contributed by atoms with Crippen LogP contribution in [0, 0.1) is 0 Å². The summed E-state index contributed by atoms with van der Waals surface area (Å²) < 4.78 is 10.3. The van der Waals surface area contributed by atoms with E-state index in [2.05, 4.69) is 5.32 Å². The molecule has 0 atom stereocenters. The summed E-state index contributed by atoms with van der Waals surface area (Å²) in [5.41, 5.74) is 0.325. The molecule has 0 spiro atoms. The number of ether oxygens (including phenoxy) is 2. The lowest BCUT2D eigenvalue weighted by Gasteiger charge is -2.31. The second-order valence-corrected chi connectivity index (χ2v) is 6.52. The van der Waals surface area contributed by atoms with E-state index < -0.39 is 30.4 Å². The minimum atomic E-state index is -1.13. The van der Waals surface area contributed by atoms with Crippen LogP contribution in [0.2, 0.25) is 0 Å². The standard InChI is InChI=1S/C19H20N2O7/c1-27-15-9-11(6-7-14(15)28-10-16(22)23)8-13-17(24)20-19(26)21(18(13)25)12-4-2-3-5-12/h6-9,12H,2-5,10H2,1H3,(H,22,23)(H,20,24,26)/b13-8-. The van der Waals surface area contributed by atoms with E-state index >= 15 is 0 Å². The predicted octanol–water partition coefficient (Wildman–Crippen LogP) is 1.56. The average molecular weight is 388 g/mol. The van der Waals surface area contributed by atoms with Gasteiger partial charge in [-0.25, -0.2) is 9.59 Å². The molecule has 2 fully saturated rings. The molecule has 2 aliphatic rings. The molecule has 9 nitrogen and oxygen atoms in total. The Hall–Kier alpha value is -3.36. The Kier molecular flexibility index (Phi) is 5.62. The molecule has 0 unspecified atom stereocenters. The number of carbonyl (C=O) groups excluding carboxylic acids is 3. The van der Waals surface area contributed by atoms with Crippen LogP contribution in [0.1, 0.15) is 31.2 Å². The maximum absolute atomic E-state index is 12.8. The maximum Gasteiger partial charge on any atom is 0.341 e. The van der Waals surface area contributed by atoms with Crippen LogP contribution in [0.25, 0.3) is 6.08 Å². The lowest BCUT2D eigenvalue weighted by atomic mass is 10.0. The first-order valence-corrected chi connectivity index (χ1v) is 8.84. The molecule has 1 heterocycles. The number of hydrogen-bond donors (Lipinski definition) is 2. The molecule has 1 aromatic carbocycles. The van der Waals surface area contributed by atoms with Gasteiger partial charge in [0.1, 0.15) is 5.57 Å². The van der Waals surface area contributed by atoms with Crippen molar-refractivity contribution in [2.24, 2.45) is 0 Å². The van der Waals surface area contributed by atoms with Crippen LogP contribution in [-0.4, -0.2) is 53.6 Å².